The van der Waals surface area contributed by atoms with Crippen LogP contribution in [0, 0.1) is 0 Å². The maximum absolute atomic E-state index is 11.8. The summed E-state index contributed by atoms with van der Waals surface area (Å²) in [5.74, 6) is -1.24. The van der Waals surface area contributed by atoms with Crippen molar-refractivity contribution in [3.63, 3.8) is 0 Å². The number of hydrogen-bond acceptors (Lipinski definition) is 4. The molecular formula is C15H15N3O3. The Kier molecular flexibility index (Phi) is 3.89. The third-order valence-corrected chi connectivity index (χ3v) is 3.02. The fraction of sp³-hybridized carbons (Fsp3) is 0.133. The van der Waals surface area contributed by atoms with Crippen molar-refractivity contribution < 1.29 is 14.7 Å². The molecule has 1 aromatic carbocycles. The zero-order valence-corrected chi connectivity index (χ0v) is 11.7. The number of nitrogens with zero attached hydrogens (tertiary/aromatic N) is 2. The number of nitrogens with two attached hydrogens (primary N) is 1. The van der Waals surface area contributed by atoms with Crippen molar-refractivity contribution in [2.45, 2.75) is 0 Å². The minimum absolute atomic E-state index is 0.0225. The predicted molar refractivity (Wildman–Crippen MR) is 79.1 cm³/mol. The Balaban J connectivity index is 2.37. The van der Waals surface area contributed by atoms with Crippen LogP contribution in [0.4, 0.5) is 5.82 Å². The van der Waals surface area contributed by atoms with Crippen molar-refractivity contribution in [3.8, 4) is 11.1 Å². The Labute approximate surface area is 121 Å². The molecule has 0 bridgehead atoms. The van der Waals surface area contributed by atoms with E-state index < -0.39 is 5.97 Å². The van der Waals surface area contributed by atoms with E-state index in [1.54, 1.807) is 38.4 Å². The summed E-state index contributed by atoms with van der Waals surface area (Å²) < 4.78 is 0. The average molecular weight is 285 g/mol. The monoisotopic (exact) mass is 285 g/mol. The predicted octanol–water partition coefficient (Wildman–Crippen LogP) is 1.73. The molecule has 2 rings (SSSR count). The zero-order chi connectivity index (χ0) is 15.6. The van der Waals surface area contributed by atoms with E-state index in [0.717, 1.165) is 5.56 Å². The first-order valence-corrected chi connectivity index (χ1v) is 6.21. The lowest BCUT2D eigenvalue weighted by molar-refractivity contribution is 0.0697. The van der Waals surface area contributed by atoms with Gasteiger partial charge in [0.2, 0.25) is 0 Å². The second-order valence-corrected chi connectivity index (χ2v) is 4.74. The summed E-state index contributed by atoms with van der Waals surface area (Å²) in [4.78, 5) is 28.2. The standard InChI is InChI=1S/C15H15N3O3/c1-18(2)14(19)10-5-3-9(4-6-10)11-7-12(15(20)21)13(16)17-8-11/h3-8H,1-2H3,(H2,16,17)(H,20,21). The fourth-order valence-corrected chi connectivity index (χ4v) is 1.87. The molecule has 0 aliphatic rings. The maximum atomic E-state index is 11.8. The Hall–Kier alpha value is -2.89. The van der Waals surface area contributed by atoms with E-state index in [2.05, 4.69) is 4.98 Å². The van der Waals surface area contributed by atoms with Gasteiger partial charge in [0.25, 0.3) is 5.91 Å². The highest BCUT2D eigenvalue weighted by Crippen LogP contribution is 2.22. The second kappa shape index (κ2) is 5.62. The lowest BCUT2D eigenvalue weighted by Crippen LogP contribution is -2.21. The first kappa shape index (κ1) is 14.5. The number of nitrogen functional groups attached to an aromatic ring is 1. The maximum Gasteiger partial charge on any atom is 0.339 e. The number of anilines is 1. The van der Waals surface area contributed by atoms with Gasteiger partial charge < -0.3 is 15.7 Å². The molecule has 0 atom stereocenters. The number of pyridine rings is 1. The van der Waals surface area contributed by atoms with Crippen LogP contribution in [-0.2, 0) is 0 Å². The number of carboxylic acid groups (broad SMARTS) is 1. The van der Waals surface area contributed by atoms with Crippen molar-refractivity contribution in [1.29, 1.82) is 0 Å². The second-order valence-electron chi connectivity index (χ2n) is 4.74. The molecule has 0 unspecified atom stereocenters. The first-order valence-electron chi connectivity index (χ1n) is 6.21. The van der Waals surface area contributed by atoms with Crippen molar-refractivity contribution in [2.24, 2.45) is 0 Å². The molecule has 3 N–H and O–H groups in total. The number of rotatable bonds is 3. The molecule has 0 aliphatic carbocycles. The summed E-state index contributed by atoms with van der Waals surface area (Å²) in [6.07, 6.45) is 1.50. The number of aromatic carboxylic acids is 1. The summed E-state index contributed by atoms with van der Waals surface area (Å²) >= 11 is 0. The molecule has 6 heteroatoms. The Bertz CT molecular complexity index is 694. The van der Waals surface area contributed by atoms with Gasteiger partial charge in [-0.25, -0.2) is 9.78 Å². The molecule has 0 saturated heterocycles. The van der Waals surface area contributed by atoms with Gasteiger partial charge in [0.15, 0.2) is 0 Å². The van der Waals surface area contributed by atoms with Gasteiger partial charge in [-0.15, -0.1) is 0 Å². The van der Waals surface area contributed by atoms with E-state index in [1.807, 2.05) is 0 Å². The molecular weight excluding hydrogens is 270 g/mol. The van der Waals surface area contributed by atoms with Gasteiger partial charge in [-0.05, 0) is 23.8 Å². The number of benzene rings is 1. The molecule has 1 heterocycles. The molecule has 108 valence electrons. The average Bonchev–Trinajstić information content (AvgIpc) is 2.46. The third kappa shape index (κ3) is 3.00. The fourth-order valence-electron chi connectivity index (χ4n) is 1.87. The summed E-state index contributed by atoms with van der Waals surface area (Å²) in [6, 6.07) is 8.33. The normalized spacial score (nSPS) is 10.2. The highest BCUT2D eigenvalue weighted by Gasteiger charge is 2.12. The molecule has 6 nitrogen and oxygen atoms in total. The summed E-state index contributed by atoms with van der Waals surface area (Å²) in [7, 11) is 3.36. The number of amides is 1. The summed E-state index contributed by atoms with van der Waals surface area (Å²) in [5, 5.41) is 9.04. The van der Waals surface area contributed by atoms with Crippen LogP contribution < -0.4 is 5.73 Å². The van der Waals surface area contributed by atoms with Crippen LogP contribution in [0.15, 0.2) is 36.5 Å². The van der Waals surface area contributed by atoms with Gasteiger partial charge in [0, 0.05) is 31.4 Å². The van der Waals surface area contributed by atoms with Crippen LogP contribution in [0.1, 0.15) is 20.7 Å². The van der Waals surface area contributed by atoms with Crippen molar-refractivity contribution in [1.82, 2.24) is 9.88 Å². The number of aromatic nitrogens is 1. The topological polar surface area (TPSA) is 96.5 Å². The molecule has 2 aromatic rings. The quantitative estimate of drug-likeness (QED) is 0.895. The lowest BCUT2D eigenvalue weighted by Gasteiger charge is -2.11. The van der Waals surface area contributed by atoms with Crippen molar-refractivity contribution >= 4 is 17.7 Å². The smallest absolute Gasteiger partial charge is 0.339 e. The molecule has 21 heavy (non-hydrogen) atoms. The summed E-state index contributed by atoms with van der Waals surface area (Å²) in [6.45, 7) is 0. The van der Waals surface area contributed by atoms with Crippen LogP contribution in [0.25, 0.3) is 11.1 Å². The number of carboxylic acids is 1. The Morgan fingerprint density at radius 2 is 1.76 bits per heavy atom. The minimum atomic E-state index is -1.12. The molecule has 1 amide bonds. The highest BCUT2D eigenvalue weighted by atomic mass is 16.4. The van der Waals surface area contributed by atoms with Crippen LogP contribution in [0.2, 0.25) is 0 Å². The van der Waals surface area contributed by atoms with Crippen LogP contribution in [-0.4, -0.2) is 41.0 Å². The molecule has 0 radical (unpaired) electrons. The molecule has 0 fully saturated rings. The van der Waals surface area contributed by atoms with Gasteiger partial charge in [0.05, 0.1) is 0 Å². The van der Waals surface area contributed by atoms with Gasteiger partial charge >= 0.3 is 5.97 Å². The van der Waals surface area contributed by atoms with Crippen molar-refractivity contribution in [3.05, 3.63) is 47.7 Å². The SMILES string of the molecule is CN(C)C(=O)c1ccc(-c2cnc(N)c(C(=O)O)c2)cc1. The van der Waals surface area contributed by atoms with Crippen molar-refractivity contribution in [2.75, 3.05) is 19.8 Å². The van der Waals surface area contributed by atoms with E-state index >= 15 is 0 Å². The van der Waals surface area contributed by atoms with Gasteiger partial charge in [-0.1, -0.05) is 12.1 Å². The van der Waals surface area contributed by atoms with Crippen LogP contribution >= 0.6 is 0 Å². The molecule has 1 aromatic heterocycles. The Morgan fingerprint density at radius 1 is 1.14 bits per heavy atom. The van der Waals surface area contributed by atoms with E-state index in [1.165, 1.54) is 17.2 Å². The summed E-state index contributed by atoms with van der Waals surface area (Å²) in [5.41, 5.74) is 7.44. The lowest BCUT2D eigenvalue weighted by atomic mass is 10.0. The number of carbonyl (C=O) groups excluding carboxylic acids is 1. The van der Waals surface area contributed by atoms with E-state index in [-0.39, 0.29) is 17.3 Å². The number of carbonyl (C=O) groups is 2. The van der Waals surface area contributed by atoms with E-state index in [9.17, 15) is 9.59 Å². The van der Waals surface area contributed by atoms with Gasteiger partial charge in [-0.2, -0.15) is 0 Å². The van der Waals surface area contributed by atoms with Gasteiger partial charge in [-0.3, -0.25) is 4.79 Å². The minimum Gasteiger partial charge on any atom is -0.478 e. The largest absolute Gasteiger partial charge is 0.478 e. The molecule has 0 aliphatic heterocycles. The van der Waals surface area contributed by atoms with E-state index in [0.29, 0.717) is 11.1 Å². The van der Waals surface area contributed by atoms with Crippen LogP contribution in [0.3, 0.4) is 0 Å². The Morgan fingerprint density at radius 3 is 2.29 bits per heavy atom. The van der Waals surface area contributed by atoms with E-state index in [4.69, 9.17) is 10.8 Å². The van der Waals surface area contributed by atoms with Crippen LogP contribution in [0.5, 0.6) is 0 Å². The third-order valence-electron chi connectivity index (χ3n) is 3.02. The molecule has 0 saturated carbocycles. The highest BCUT2D eigenvalue weighted by molar-refractivity contribution is 5.95. The molecule has 0 spiro atoms. The number of hydrogen-bond donors (Lipinski definition) is 2. The first-order chi connectivity index (χ1) is 9.90. The zero-order valence-electron chi connectivity index (χ0n) is 11.7. The van der Waals surface area contributed by atoms with Gasteiger partial charge in [0.1, 0.15) is 11.4 Å².